The first-order valence-electron chi connectivity index (χ1n) is 5.84. The Balaban J connectivity index is 3.05. The molecule has 1 heterocycles. The molecule has 0 radical (unpaired) electrons. The molecule has 1 aromatic heterocycles. The lowest BCUT2D eigenvalue weighted by Crippen LogP contribution is -2.36. The maximum atomic E-state index is 11.4. The van der Waals surface area contributed by atoms with E-state index in [0.29, 0.717) is 12.4 Å². The summed E-state index contributed by atoms with van der Waals surface area (Å²) in [4.78, 5) is 28.2. The molecule has 0 aliphatic rings. The summed E-state index contributed by atoms with van der Waals surface area (Å²) in [6.45, 7) is 2.68. The summed E-state index contributed by atoms with van der Waals surface area (Å²) in [5, 5.41) is 11.6. The molecule has 0 saturated heterocycles. The van der Waals surface area contributed by atoms with Crippen LogP contribution in [0.5, 0.6) is 0 Å². The van der Waals surface area contributed by atoms with Crippen molar-refractivity contribution in [2.45, 2.75) is 13.3 Å². The number of hydrogen-bond donors (Lipinski definition) is 2. The number of carbonyl (C=O) groups excluding carboxylic acids is 1. The average Bonchev–Trinajstić information content (AvgIpc) is 2.38. The third-order valence-electron chi connectivity index (χ3n) is 2.50. The number of carboxylic acid groups (broad SMARTS) is 1. The van der Waals surface area contributed by atoms with Gasteiger partial charge in [-0.05, 0) is 12.5 Å². The molecule has 0 bridgehead atoms. The third-order valence-corrected chi connectivity index (χ3v) is 2.80. The van der Waals surface area contributed by atoms with E-state index >= 15 is 0 Å². The average molecular weight is 286 g/mol. The molecule has 0 atom stereocenters. The van der Waals surface area contributed by atoms with Crippen LogP contribution in [0.1, 0.15) is 23.7 Å². The first kappa shape index (κ1) is 15.2. The Bertz CT molecular complexity index is 479. The number of nitrogens with one attached hydrogen (secondary N) is 1. The molecule has 1 aromatic rings. The number of pyridine rings is 1. The minimum Gasteiger partial charge on any atom is -0.478 e. The van der Waals surface area contributed by atoms with E-state index in [4.69, 9.17) is 16.7 Å². The van der Waals surface area contributed by atoms with Crippen molar-refractivity contribution in [1.29, 1.82) is 0 Å². The van der Waals surface area contributed by atoms with Crippen LogP contribution in [0, 0.1) is 0 Å². The summed E-state index contributed by atoms with van der Waals surface area (Å²) >= 11 is 5.76. The Kier molecular flexibility index (Phi) is 5.57. The van der Waals surface area contributed by atoms with E-state index < -0.39 is 5.97 Å². The van der Waals surface area contributed by atoms with Crippen LogP contribution in [0.4, 0.5) is 5.82 Å². The zero-order valence-corrected chi connectivity index (χ0v) is 11.6. The van der Waals surface area contributed by atoms with Gasteiger partial charge in [0.25, 0.3) is 0 Å². The molecule has 0 unspecified atom stereocenters. The number of hydrogen-bond acceptors (Lipinski definition) is 4. The number of rotatable bonds is 6. The van der Waals surface area contributed by atoms with Crippen LogP contribution < -0.4 is 10.2 Å². The van der Waals surface area contributed by atoms with Gasteiger partial charge in [-0.15, -0.1) is 0 Å². The topological polar surface area (TPSA) is 82.5 Å². The highest BCUT2D eigenvalue weighted by Gasteiger charge is 2.16. The van der Waals surface area contributed by atoms with Crippen LogP contribution in [0.2, 0.25) is 5.02 Å². The van der Waals surface area contributed by atoms with Crippen molar-refractivity contribution in [2.24, 2.45) is 0 Å². The maximum absolute atomic E-state index is 11.4. The van der Waals surface area contributed by atoms with Gasteiger partial charge in [0.1, 0.15) is 5.82 Å². The molecule has 19 heavy (non-hydrogen) atoms. The van der Waals surface area contributed by atoms with Crippen molar-refractivity contribution < 1.29 is 14.7 Å². The molecule has 6 nitrogen and oxygen atoms in total. The van der Waals surface area contributed by atoms with Crippen molar-refractivity contribution in [3.05, 3.63) is 22.8 Å². The number of amides is 1. The van der Waals surface area contributed by atoms with Crippen LogP contribution >= 0.6 is 11.6 Å². The summed E-state index contributed by atoms with van der Waals surface area (Å²) in [5.41, 5.74) is -0.0234. The van der Waals surface area contributed by atoms with Gasteiger partial charge in [0.15, 0.2) is 0 Å². The van der Waals surface area contributed by atoms with Crippen molar-refractivity contribution in [3.8, 4) is 0 Å². The normalized spacial score (nSPS) is 10.1. The fourth-order valence-electron chi connectivity index (χ4n) is 1.56. The van der Waals surface area contributed by atoms with E-state index in [1.54, 1.807) is 11.9 Å². The Morgan fingerprint density at radius 3 is 2.74 bits per heavy atom. The molecule has 7 heteroatoms. The molecule has 2 N–H and O–H groups in total. The molecule has 0 spiro atoms. The molecule has 0 aliphatic heterocycles. The molecule has 0 saturated carbocycles. The van der Waals surface area contributed by atoms with Gasteiger partial charge in [-0.25, -0.2) is 9.78 Å². The highest BCUT2D eigenvalue weighted by molar-refractivity contribution is 6.33. The summed E-state index contributed by atoms with van der Waals surface area (Å²) in [6, 6.07) is 1.38. The predicted octanol–water partition coefficient (Wildman–Crippen LogP) is 1.40. The lowest BCUT2D eigenvalue weighted by molar-refractivity contribution is -0.119. The lowest BCUT2D eigenvalue weighted by Gasteiger charge is -2.22. The van der Waals surface area contributed by atoms with E-state index in [1.165, 1.54) is 12.3 Å². The standard InChI is InChI=1S/C12H16ClN3O3/c1-3-4-16(7-11(17)14-2)10-5-8(12(18)19)9(13)6-15-10/h5-6H,3-4,7H2,1-2H3,(H,14,17)(H,18,19). The Hall–Kier alpha value is -1.82. The zero-order chi connectivity index (χ0) is 14.4. The largest absolute Gasteiger partial charge is 0.478 e. The van der Waals surface area contributed by atoms with Gasteiger partial charge < -0.3 is 15.3 Å². The third kappa shape index (κ3) is 4.10. The van der Waals surface area contributed by atoms with Crippen LogP contribution in [-0.2, 0) is 4.79 Å². The number of likely N-dealkylation sites (N-methyl/N-ethyl adjacent to an activating group) is 1. The van der Waals surface area contributed by atoms with Gasteiger partial charge in [0.05, 0.1) is 17.1 Å². The minimum absolute atomic E-state index is 0.0234. The van der Waals surface area contributed by atoms with Gasteiger partial charge >= 0.3 is 5.97 Å². The minimum atomic E-state index is -1.12. The number of carboxylic acids is 1. The first-order chi connectivity index (χ1) is 8.99. The van der Waals surface area contributed by atoms with E-state index in [2.05, 4.69) is 10.3 Å². The van der Waals surface area contributed by atoms with Crippen LogP contribution in [-0.4, -0.2) is 42.1 Å². The zero-order valence-electron chi connectivity index (χ0n) is 10.8. The second-order valence-electron chi connectivity index (χ2n) is 3.92. The maximum Gasteiger partial charge on any atom is 0.337 e. The van der Waals surface area contributed by atoms with Gasteiger partial charge in [-0.1, -0.05) is 18.5 Å². The number of carbonyl (C=O) groups is 2. The fourth-order valence-corrected chi connectivity index (χ4v) is 1.75. The summed E-state index contributed by atoms with van der Waals surface area (Å²) in [5.74, 6) is -0.862. The molecule has 1 rings (SSSR count). The smallest absolute Gasteiger partial charge is 0.337 e. The quantitative estimate of drug-likeness (QED) is 0.825. The lowest BCUT2D eigenvalue weighted by atomic mass is 10.2. The predicted molar refractivity (Wildman–Crippen MR) is 72.8 cm³/mol. The number of nitrogens with zero attached hydrogens (tertiary/aromatic N) is 2. The SMILES string of the molecule is CCCN(CC(=O)NC)c1cc(C(=O)O)c(Cl)cn1. The Morgan fingerprint density at radius 2 is 2.21 bits per heavy atom. The highest BCUT2D eigenvalue weighted by atomic mass is 35.5. The molecule has 0 aliphatic carbocycles. The molecule has 0 aromatic carbocycles. The Labute approximate surface area is 116 Å². The van der Waals surface area contributed by atoms with Crippen LogP contribution in [0.3, 0.4) is 0 Å². The van der Waals surface area contributed by atoms with E-state index in [-0.39, 0.29) is 23.0 Å². The summed E-state index contributed by atoms with van der Waals surface area (Å²) in [7, 11) is 1.55. The van der Waals surface area contributed by atoms with Gasteiger partial charge in [0.2, 0.25) is 5.91 Å². The van der Waals surface area contributed by atoms with Crippen molar-refractivity contribution in [3.63, 3.8) is 0 Å². The molecule has 1 amide bonds. The van der Waals surface area contributed by atoms with Gasteiger partial charge in [-0.2, -0.15) is 0 Å². The van der Waals surface area contributed by atoms with Crippen LogP contribution in [0.25, 0.3) is 0 Å². The number of anilines is 1. The second-order valence-corrected chi connectivity index (χ2v) is 4.33. The van der Waals surface area contributed by atoms with Crippen molar-refractivity contribution >= 4 is 29.3 Å². The molecular formula is C12H16ClN3O3. The second kappa shape index (κ2) is 6.94. The fraction of sp³-hybridized carbons (Fsp3) is 0.417. The molecule has 0 fully saturated rings. The number of aromatic nitrogens is 1. The molecular weight excluding hydrogens is 270 g/mol. The summed E-state index contributed by atoms with van der Waals surface area (Å²) < 4.78 is 0. The van der Waals surface area contributed by atoms with Crippen molar-refractivity contribution in [2.75, 3.05) is 25.0 Å². The monoisotopic (exact) mass is 285 g/mol. The molecule has 104 valence electrons. The van der Waals surface area contributed by atoms with Gasteiger partial charge in [-0.3, -0.25) is 4.79 Å². The number of halogens is 1. The van der Waals surface area contributed by atoms with E-state index in [9.17, 15) is 9.59 Å². The first-order valence-corrected chi connectivity index (χ1v) is 6.21. The van der Waals surface area contributed by atoms with E-state index in [1.807, 2.05) is 6.92 Å². The number of aromatic carboxylic acids is 1. The van der Waals surface area contributed by atoms with Crippen LogP contribution in [0.15, 0.2) is 12.3 Å². The Morgan fingerprint density at radius 1 is 1.53 bits per heavy atom. The van der Waals surface area contributed by atoms with Crippen molar-refractivity contribution in [1.82, 2.24) is 10.3 Å². The highest BCUT2D eigenvalue weighted by Crippen LogP contribution is 2.20. The van der Waals surface area contributed by atoms with Gasteiger partial charge in [0, 0.05) is 19.8 Å². The van der Waals surface area contributed by atoms with E-state index in [0.717, 1.165) is 6.42 Å². The summed E-state index contributed by atoms with van der Waals surface area (Å²) in [6.07, 6.45) is 2.09.